The van der Waals surface area contributed by atoms with Gasteiger partial charge >= 0.3 is 0 Å². The minimum atomic E-state index is 0.0254. The lowest BCUT2D eigenvalue weighted by atomic mass is 9.98. The van der Waals surface area contributed by atoms with E-state index >= 15 is 0 Å². The van der Waals surface area contributed by atoms with E-state index in [1.165, 1.54) is 0 Å². The second-order valence-electron chi connectivity index (χ2n) is 7.02. The Morgan fingerprint density at radius 2 is 1.19 bits per heavy atom. The average Bonchev–Trinajstić information content (AvgIpc) is 2.85. The Kier molecular flexibility index (Phi) is 12.6. The molecular weight excluding hydrogens is 338 g/mol. The largest absolute Gasteiger partial charge is 0.382 e. The van der Waals surface area contributed by atoms with Gasteiger partial charge in [0.2, 0.25) is 0 Å². The number of hydrogen-bond acceptors (Lipinski definition) is 7. The van der Waals surface area contributed by atoms with E-state index in [0.29, 0.717) is 70.9 Å². The number of likely N-dealkylation sites (tertiary alicyclic amines) is 1. The molecular formula is C19H39NO6. The van der Waals surface area contributed by atoms with Gasteiger partial charge in [-0.2, -0.15) is 0 Å². The summed E-state index contributed by atoms with van der Waals surface area (Å²) in [5, 5.41) is 0. The van der Waals surface area contributed by atoms with Crippen LogP contribution in [0.2, 0.25) is 0 Å². The summed E-state index contributed by atoms with van der Waals surface area (Å²) in [5.41, 5.74) is 0. The van der Waals surface area contributed by atoms with Crippen LogP contribution in [0.25, 0.3) is 0 Å². The summed E-state index contributed by atoms with van der Waals surface area (Å²) in [6.45, 7) is 11.3. The van der Waals surface area contributed by atoms with Crippen molar-refractivity contribution in [3.8, 4) is 0 Å². The Hall–Kier alpha value is -0.280. The fourth-order valence-electron chi connectivity index (χ4n) is 3.46. The van der Waals surface area contributed by atoms with Crippen LogP contribution in [-0.4, -0.2) is 103 Å². The lowest BCUT2D eigenvalue weighted by molar-refractivity contribution is -0.0919. The molecule has 0 aliphatic carbocycles. The van der Waals surface area contributed by atoms with Crippen molar-refractivity contribution >= 4 is 0 Å². The molecule has 156 valence electrons. The molecule has 1 aliphatic rings. The summed E-state index contributed by atoms with van der Waals surface area (Å²) < 4.78 is 33.4. The first-order chi connectivity index (χ1) is 12.5. The fourth-order valence-corrected chi connectivity index (χ4v) is 3.46. The van der Waals surface area contributed by atoms with E-state index in [1.54, 1.807) is 14.2 Å². The van der Waals surface area contributed by atoms with Crippen LogP contribution < -0.4 is 0 Å². The van der Waals surface area contributed by atoms with Gasteiger partial charge in [0.05, 0.1) is 52.9 Å². The first-order valence-electron chi connectivity index (χ1n) is 9.63. The maximum absolute atomic E-state index is 6.21. The van der Waals surface area contributed by atoms with Gasteiger partial charge < -0.3 is 28.4 Å². The van der Waals surface area contributed by atoms with Crippen molar-refractivity contribution in [2.75, 3.05) is 74.1 Å². The lowest BCUT2D eigenvalue weighted by Gasteiger charge is -2.29. The van der Waals surface area contributed by atoms with E-state index in [1.807, 2.05) is 0 Å². The van der Waals surface area contributed by atoms with Crippen molar-refractivity contribution in [2.45, 2.75) is 45.1 Å². The summed E-state index contributed by atoms with van der Waals surface area (Å²) in [6, 6.07) is 0.615. The van der Waals surface area contributed by atoms with E-state index in [9.17, 15) is 0 Å². The molecule has 0 saturated carbocycles. The van der Waals surface area contributed by atoms with Crippen LogP contribution in [0, 0.1) is 5.92 Å². The highest BCUT2D eigenvalue weighted by Gasteiger charge is 2.47. The van der Waals surface area contributed by atoms with Crippen molar-refractivity contribution in [2.24, 2.45) is 5.92 Å². The molecule has 0 aromatic carbocycles. The average molecular weight is 378 g/mol. The van der Waals surface area contributed by atoms with Crippen LogP contribution in [0.1, 0.15) is 20.8 Å². The summed E-state index contributed by atoms with van der Waals surface area (Å²) in [6.07, 6.45) is 0.0531. The van der Waals surface area contributed by atoms with Crippen molar-refractivity contribution in [1.29, 1.82) is 0 Å². The summed E-state index contributed by atoms with van der Waals surface area (Å²) in [4.78, 5) is 2.37. The SMILES string of the molecule is COCCOCCOC1C(C)N(C)C(C(C)C)[C@@H]1OCCOCCOC. The van der Waals surface area contributed by atoms with E-state index < -0.39 is 0 Å². The normalized spacial score (nSPS) is 26.9. The molecule has 0 N–H and O–H groups in total. The molecule has 4 atom stereocenters. The van der Waals surface area contributed by atoms with E-state index in [0.717, 1.165) is 0 Å². The molecule has 0 radical (unpaired) electrons. The standard InChI is InChI=1S/C19H39NO6/c1-15(2)17-19(26-14-12-24-10-8-22-6)18(16(3)20(17)4)25-13-11-23-9-7-21-5/h15-19H,7-14H2,1-6H3/t16?,17?,18?,19-/m0/s1. The quantitative estimate of drug-likeness (QED) is 0.400. The van der Waals surface area contributed by atoms with E-state index in [-0.39, 0.29) is 12.2 Å². The molecule has 1 aliphatic heterocycles. The third-order valence-corrected chi connectivity index (χ3v) is 4.87. The van der Waals surface area contributed by atoms with Crippen LogP contribution in [0.3, 0.4) is 0 Å². The molecule has 1 heterocycles. The Labute approximate surface area is 159 Å². The maximum Gasteiger partial charge on any atom is 0.101 e. The van der Waals surface area contributed by atoms with Gasteiger partial charge in [-0.3, -0.25) is 4.90 Å². The van der Waals surface area contributed by atoms with Crippen LogP contribution >= 0.6 is 0 Å². The molecule has 0 aromatic rings. The zero-order valence-electron chi connectivity index (χ0n) is 17.4. The van der Waals surface area contributed by atoms with Gasteiger partial charge in [0.15, 0.2) is 0 Å². The van der Waals surface area contributed by atoms with E-state index in [2.05, 4.69) is 32.7 Å². The van der Waals surface area contributed by atoms with Crippen LogP contribution in [-0.2, 0) is 28.4 Å². The number of methoxy groups -OCH3 is 2. The zero-order valence-corrected chi connectivity index (χ0v) is 17.4. The van der Waals surface area contributed by atoms with Gasteiger partial charge in [-0.15, -0.1) is 0 Å². The number of hydrogen-bond donors (Lipinski definition) is 0. The highest BCUT2D eigenvalue weighted by Crippen LogP contribution is 2.32. The van der Waals surface area contributed by atoms with Crippen molar-refractivity contribution in [3.63, 3.8) is 0 Å². The Morgan fingerprint density at radius 3 is 1.65 bits per heavy atom. The summed E-state index contributed by atoms with van der Waals surface area (Å²) >= 11 is 0. The molecule has 0 spiro atoms. The molecule has 0 aromatic heterocycles. The molecule has 1 saturated heterocycles. The molecule has 3 unspecified atom stereocenters. The van der Waals surface area contributed by atoms with Gasteiger partial charge in [-0.05, 0) is 19.9 Å². The topological polar surface area (TPSA) is 58.6 Å². The smallest absolute Gasteiger partial charge is 0.101 e. The van der Waals surface area contributed by atoms with Gasteiger partial charge in [0.25, 0.3) is 0 Å². The number of likely N-dealkylation sites (N-methyl/N-ethyl adjacent to an activating group) is 1. The molecule has 0 bridgehead atoms. The molecule has 7 nitrogen and oxygen atoms in total. The first kappa shape index (κ1) is 23.8. The molecule has 1 fully saturated rings. The fraction of sp³-hybridized carbons (Fsp3) is 1.00. The Morgan fingerprint density at radius 1 is 0.731 bits per heavy atom. The highest BCUT2D eigenvalue weighted by molar-refractivity contribution is 5.00. The molecule has 0 amide bonds. The maximum atomic E-state index is 6.21. The second-order valence-corrected chi connectivity index (χ2v) is 7.02. The van der Waals surface area contributed by atoms with Crippen LogP contribution in [0.4, 0.5) is 0 Å². The van der Waals surface area contributed by atoms with Crippen LogP contribution in [0.15, 0.2) is 0 Å². The lowest BCUT2D eigenvalue weighted by Crippen LogP contribution is -2.41. The Balaban J connectivity index is 2.48. The van der Waals surface area contributed by atoms with Crippen molar-refractivity contribution in [1.82, 2.24) is 4.90 Å². The molecule has 1 rings (SSSR count). The number of rotatable bonds is 15. The molecule has 7 heteroatoms. The third-order valence-electron chi connectivity index (χ3n) is 4.87. The Bertz CT molecular complexity index is 344. The zero-order chi connectivity index (χ0) is 19.4. The van der Waals surface area contributed by atoms with Gasteiger partial charge in [-0.25, -0.2) is 0 Å². The van der Waals surface area contributed by atoms with Crippen molar-refractivity contribution in [3.05, 3.63) is 0 Å². The summed E-state index contributed by atoms with van der Waals surface area (Å²) in [7, 11) is 5.49. The van der Waals surface area contributed by atoms with Crippen LogP contribution in [0.5, 0.6) is 0 Å². The number of ether oxygens (including phenoxy) is 6. The second kappa shape index (κ2) is 13.8. The first-order valence-corrected chi connectivity index (χ1v) is 9.63. The van der Waals surface area contributed by atoms with Crippen molar-refractivity contribution < 1.29 is 28.4 Å². The van der Waals surface area contributed by atoms with Gasteiger partial charge in [0.1, 0.15) is 12.2 Å². The van der Waals surface area contributed by atoms with Gasteiger partial charge in [-0.1, -0.05) is 13.8 Å². The monoisotopic (exact) mass is 377 g/mol. The van der Waals surface area contributed by atoms with Gasteiger partial charge in [0, 0.05) is 26.3 Å². The minimum Gasteiger partial charge on any atom is -0.382 e. The predicted molar refractivity (Wildman–Crippen MR) is 101 cm³/mol. The highest BCUT2D eigenvalue weighted by atomic mass is 16.6. The number of nitrogens with zero attached hydrogens (tertiary/aromatic N) is 1. The molecule has 26 heavy (non-hydrogen) atoms. The van der Waals surface area contributed by atoms with E-state index in [4.69, 9.17) is 28.4 Å². The third kappa shape index (κ3) is 7.76. The summed E-state index contributed by atoms with van der Waals surface area (Å²) in [5.74, 6) is 0.480. The predicted octanol–water partition coefficient (Wildman–Crippen LogP) is 1.44. The minimum absolute atomic E-state index is 0.0254.